The van der Waals surface area contributed by atoms with Gasteiger partial charge >= 0.3 is 0 Å². The number of thioether (sulfide) groups is 1. The molecule has 0 amide bonds. The fourth-order valence-corrected chi connectivity index (χ4v) is 3.72. The summed E-state index contributed by atoms with van der Waals surface area (Å²) in [6.07, 6.45) is 4.04. The Kier molecular flexibility index (Phi) is 4.97. The van der Waals surface area contributed by atoms with Gasteiger partial charge in [-0.1, -0.05) is 12.5 Å². The van der Waals surface area contributed by atoms with Crippen LogP contribution in [-0.2, 0) is 6.42 Å². The molecule has 1 aliphatic rings. The van der Waals surface area contributed by atoms with Crippen molar-refractivity contribution >= 4 is 11.8 Å². The Labute approximate surface area is 110 Å². The van der Waals surface area contributed by atoms with E-state index in [1.165, 1.54) is 25.0 Å². The monoisotopic (exact) mass is 272 g/mol. The molecule has 1 aliphatic heterocycles. The Morgan fingerprint density at radius 1 is 1.39 bits per heavy atom. The summed E-state index contributed by atoms with van der Waals surface area (Å²) in [4.78, 5) is 0. The van der Waals surface area contributed by atoms with Gasteiger partial charge in [0, 0.05) is 17.4 Å². The lowest BCUT2D eigenvalue weighted by molar-refractivity contribution is 0.462. The summed E-state index contributed by atoms with van der Waals surface area (Å²) in [6.45, 7) is 0. The van der Waals surface area contributed by atoms with Crippen molar-refractivity contribution in [3.8, 4) is 0 Å². The lowest BCUT2D eigenvalue weighted by atomic mass is 9.99. The Hall–Kier alpha value is -0.650. The van der Waals surface area contributed by atoms with Crippen molar-refractivity contribution in [2.24, 2.45) is 5.84 Å². The molecule has 1 heterocycles. The second-order valence-corrected chi connectivity index (χ2v) is 5.97. The van der Waals surface area contributed by atoms with E-state index in [0.717, 1.165) is 18.2 Å². The summed E-state index contributed by atoms with van der Waals surface area (Å²) in [5.74, 6) is 5.67. The summed E-state index contributed by atoms with van der Waals surface area (Å²) in [7, 11) is 0. The molecule has 100 valence electrons. The lowest BCUT2D eigenvalue weighted by Gasteiger charge is -2.29. The second kappa shape index (κ2) is 6.50. The van der Waals surface area contributed by atoms with E-state index in [0.29, 0.717) is 17.2 Å². The zero-order valence-corrected chi connectivity index (χ0v) is 11.0. The topological polar surface area (TPSA) is 38.0 Å². The van der Waals surface area contributed by atoms with Gasteiger partial charge < -0.3 is 0 Å². The molecule has 0 aromatic heterocycles. The van der Waals surface area contributed by atoms with Crippen LogP contribution in [-0.4, -0.2) is 17.0 Å². The molecule has 0 spiro atoms. The van der Waals surface area contributed by atoms with Gasteiger partial charge in [-0.2, -0.15) is 11.8 Å². The first kappa shape index (κ1) is 13.8. The van der Waals surface area contributed by atoms with E-state index < -0.39 is 11.6 Å². The van der Waals surface area contributed by atoms with E-state index in [-0.39, 0.29) is 6.04 Å². The lowest BCUT2D eigenvalue weighted by Crippen LogP contribution is -2.45. The Morgan fingerprint density at radius 2 is 2.22 bits per heavy atom. The quantitative estimate of drug-likeness (QED) is 0.653. The van der Waals surface area contributed by atoms with Crippen LogP contribution in [0.1, 0.15) is 24.8 Å². The van der Waals surface area contributed by atoms with Crippen LogP contribution in [0.2, 0.25) is 0 Å². The standard InChI is InChI=1S/C13H18F2N2S/c14-10-5-4-9(11(15)8-10)7-12(17-16)13-3-1-2-6-18-13/h4-5,8,12-13,17H,1-3,6-7,16H2. The first-order chi connectivity index (χ1) is 8.70. The van der Waals surface area contributed by atoms with Gasteiger partial charge in [0.25, 0.3) is 0 Å². The van der Waals surface area contributed by atoms with Crippen LogP contribution in [0.4, 0.5) is 8.78 Å². The molecular weight excluding hydrogens is 254 g/mol. The van der Waals surface area contributed by atoms with Crippen molar-refractivity contribution in [3.63, 3.8) is 0 Å². The van der Waals surface area contributed by atoms with Crippen LogP contribution in [0.15, 0.2) is 18.2 Å². The molecule has 1 saturated heterocycles. The van der Waals surface area contributed by atoms with E-state index in [1.54, 1.807) is 0 Å². The normalized spacial score (nSPS) is 21.8. The smallest absolute Gasteiger partial charge is 0.129 e. The molecular formula is C13H18F2N2S. The maximum Gasteiger partial charge on any atom is 0.129 e. The molecule has 2 unspecified atom stereocenters. The summed E-state index contributed by atoms with van der Waals surface area (Å²) >= 11 is 1.89. The van der Waals surface area contributed by atoms with Crippen LogP contribution in [0.25, 0.3) is 0 Å². The number of benzene rings is 1. The van der Waals surface area contributed by atoms with Crippen molar-refractivity contribution in [2.75, 3.05) is 5.75 Å². The van der Waals surface area contributed by atoms with Crippen molar-refractivity contribution in [2.45, 2.75) is 37.0 Å². The van der Waals surface area contributed by atoms with Crippen molar-refractivity contribution in [1.29, 1.82) is 0 Å². The molecule has 0 saturated carbocycles. The highest BCUT2D eigenvalue weighted by Crippen LogP contribution is 2.29. The largest absolute Gasteiger partial charge is 0.271 e. The Balaban J connectivity index is 2.04. The first-order valence-electron chi connectivity index (χ1n) is 6.22. The van der Waals surface area contributed by atoms with Crippen LogP contribution in [0, 0.1) is 11.6 Å². The van der Waals surface area contributed by atoms with Gasteiger partial charge in [0.15, 0.2) is 0 Å². The fourth-order valence-electron chi connectivity index (χ4n) is 2.30. The number of halogens is 2. The molecule has 1 aromatic rings. The van der Waals surface area contributed by atoms with Crippen LogP contribution in [0.3, 0.4) is 0 Å². The third kappa shape index (κ3) is 3.43. The average Bonchev–Trinajstić information content (AvgIpc) is 2.39. The molecule has 2 atom stereocenters. The highest BCUT2D eigenvalue weighted by Gasteiger charge is 2.24. The molecule has 0 radical (unpaired) electrons. The zero-order valence-electron chi connectivity index (χ0n) is 10.2. The van der Waals surface area contributed by atoms with Gasteiger partial charge in [0.05, 0.1) is 0 Å². The van der Waals surface area contributed by atoms with Gasteiger partial charge in [-0.3, -0.25) is 11.3 Å². The zero-order chi connectivity index (χ0) is 13.0. The molecule has 2 rings (SSSR count). The van der Waals surface area contributed by atoms with Gasteiger partial charge in [-0.05, 0) is 36.6 Å². The summed E-state index contributed by atoms with van der Waals surface area (Å²) < 4.78 is 26.4. The molecule has 0 aliphatic carbocycles. The van der Waals surface area contributed by atoms with Crippen LogP contribution in [0.5, 0.6) is 0 Å². The molecule has 5 heteroatoms. The second-order valence-electron chi connectivity index (χ2n) is 4.62. The highest BCUT2D eigenvalue weighted by molar-refractivity contribution is 8.00. The minimum absolute atomic E-state index is 0.0373. The molecule has 18 heavy (non-hydrogen) atoms. The average molecular weight is 272 g/mol. The Morgan fingerprint density at radius 3 is 2.83 bits per heavy atom. The summed E-state index contributed by atoms with van der Waals surface area (Å²) in [5.41, 5.74) is 3.30. The van der Waals surface area contributed by atoms with Crippen molar-refractivity contribution < 1.29 is 8.78 Å². The number of hydrogen-bond acceptors (Lipinski definition) is 3. The highest BCUT2D eigenvalue weighted by atomic mass is 32.2. The number of hydrogen-bond donors (Lipinski definition) is 2. The van der Waals surface area contributed by atoms with Gasteiger partial charge in [-0.15, -0.1) is 0 Å². The summed E-state index contributed by atoms with van der Waals surface area (Å²) in [6, 6.07) is 3.76. The minimum Gasteiger partial charge on any atom is -0.271 e. The number of nitrogens with one attached hydrogen (secondary N) is 1. The minimum atomic E-state index is -0.541. The SMILES string of the molecule is NNC(Cc1ccc(F)cc1F)C1CCCCS1. The number of hydrazine groups is 1. The van der Waals surface area contributed by atoms with Crippen LogP contribution >= 0.6 is 11.8 Å². The van der Waals surface area contributed by atoms with Gasteiger partial charge in [0.2, 0.25) is 0 Å². The number of rotatable bonds is 4. The van der Waals surface area contributed by atoms with Gasteiger partial charge in [0.1, 0.15) is 11.6 Å². The fraction of sp³-hybridized carbons (Fsp3) is 0.538. The molecule has 1 aromatic carbocycles. The Bertz CT molecular complexity index is 395. The predicted molar refractivity (Wildman–Crippen MR) is 71.3 cm³/mol. The maximum absolute atomic E-state index is 13.6. The van der Waals surface area contributed by atoms with E-state index >= 15 is 0 Å². The van der Waals surface area contributed by atoms with Crippen molar-refractivity contribution in [3.05, 3.63) is 35.4 Å². The first-order valence-corrected chi connectivity index (χ1v) is 7.27. The van der Waals surface area contributed by atoms with Gasteiger partial charge in [-0.25, -0.2) is 8.78 Å². The van der Waals surface area contributed by atoms with E-state index in [9.17, 15) is 8.78 Å². The predicted octanol–water partition coefficient (Wildman–Crippen LogP) is 2.62. The molecule has 3 N–H and O–H groups in total. The van der Waals surface area contributed by atoms with E-state index in [1.807, 2.05) is 11.8 Å². The maximum atomic E-state index is 13.6. The summed E-state index contributed by atoms with van der Waals surface area (Å²) in [5, 5.41) is 0.410. The van der Waals surface area contributed by atoms with E-state index in [4.69, 9.17) is 5.84 Å². The third-order valence-electron chi connectivity index (χ3n) is 3.33. The molecule has 1 fully saturated rings. The molecule has 0 bridgehead atoms. The molecule has 2 nitrogen and oxygen atoms in total. The third-order valence-corrected chi connectivity index (χ3v) is 4.85. The van der Waals surface area contributed by atoms with Crippen molar-refractivity contribution in [1.82, 2.24) is 5.43 Å². The van der Waals surface area contributed by atoms with Crippen LogP contribution < -0.4 is 11.3 Å². The number of nitrogens with two attached hydrogens (primary N) is 1. The van der Waals surface area contributed by atoms with E-state index in [2.05, 4.69) is 5.43 Å².